The molecule has 2 rings (SSSR count). The predicted octanol–water partition coefficient (Wildman–Crippen LogP) is 1.80. The van der Waals surface area contributed by atoms with Gasteiger partial charge in [-0.2, -0.15) is 0 Å². The van der Waals surface area contributed by atoms with Crippen molar-refractivity contribution in [2.45, 2.75) is 6.10 Å². The Hall–Kier alpha value is -2.21. The monoisotopic (exact) mass is 279 g/mol. The van der Waals surface area contributed by atoms with Crippen LogP contribution in [0.3, 0.4) is 0 Å². The number of amides is 1. The lowest BCUT2D eigenvalue weighted by Crippen LogP contribution is -2.20. The molecule has 0 radical (unpaired) electrons. The fraction of sp³-hybridized carbons (Fsp3) is 0.357. The number of rotatable bonds is 6. The maximum absolute atomic E-state index is 11.1. The Labute approximate surface area is 117 Å². The van der Waals surface area contributed by atoms with Gasteiger partial charge in [-0.25, -0.2) is 4.79 Å². The molecule has 1 N–H and O–H groups in total. The lowest BCUT2D eigenvalue weighted by atomic mass is 10.1. The largest absolute Gasteiger partial charge is 0.493 e. The third-order valence-electron chi connectivity index (χ3n) is 2.78. The summed E-state index contributed by atoms with van der Waals surface area (Å²) < 4.78 is 20.5. The molecule has 1 aliphatic heterocycles. The van der Waals surface area contributed by atoms with Crippen molar-refractivity contribution in [1.82, 2.24) is 5.32 Å². The van der Waals surface area contributed by atoms with E-state index in [2.05, 4.69) is 16.6 Å². The van der Waals surface area contributed by atoms with Crippen LogP contribution in [0.25, 0.3) is 5.70 Å². The third kappa shape index (κ3) is 3.64. The second kappa shape index (κ2) is 6.29. The first-order valence-corrected chi connectivity index (χ1v) is 6.10. The molecule has 0 saturated carbocycles. The second-order valence-electron chi connectivity index (χ2n) is 4.23. The summed E-state index contributed by atoms with van der Waals surface area (Å²) in [5.74, 6) is 1.19. The first-order chi connectivity index (χ1) is 9.63. The normalized spacial score (nSPS) is 16.2. The van der Waals surface area contributed by atoms with Crippen molar-refractivity contribution < 1.29 is 23.7 Å². The summed E-state index contributed by atoms with van der Waals surface area (Å²) in [4.78, 5) is 11.1. The van der Waals surface area contributed by atoms with Crippen molar-refractivity contribution >= 4 is 11.8 Å². The van der Waals surface area contributed by atoms with Gasteiger partial charge in [0.05, 0.1) is 20.8 Å². The number of alkyl carbamates (subject to hydrolysis) is 1. The van der Waals surface area contributed by atoms with Crippen LogP contribution in [0.4, 0.5) is 4.79 Å². The van der Waals surface area contributed by atoms with Crippen molar-refractivity contribution in [3.63, 3.8) is 0 Å². The summed E-state index contributed by atoms with van der Waals surface area (Å²) in [6, 6.07) is 5.28. The molecule has 1 aromatic rings. The van der Waals surface area contributed by atoms with Crippen molar-refractivity contribution in [1.29, 1.82) is 0 Å². The van der Waals surface area contributed by atoms with E-state index in [1.807, 2.05) is 0 Å². The molecule has 1 saturated heterocycles. The van der Waals surface area contributed by atoms with Crippen LogP contribution in [0.15, 0.2) is 24.8 Å². The van der Waals surface area contributed by atoms with Gasteiger partial charge in [0.15, 0.2) is 11.5 Å². The molecule has 1 aromatic carbocycles. The topological polar surface area (TPSA) is 69.3 Å². The van der Waals surface area contributed by atoms with Crippen LogP contribution in [0.1, 0.15) is 5.56 Å². The van der Waals surface area contributed by atoms with Crippen LogP contribution in [-0.2, 0) is 9.47 Å². The summed E-state index contributed by atoms with van der Waals surface area (Å²) in [6.45, 7) is 5.01. The van der Waals surface area contributed by atoms with E-state index < -0.39 is 6.09 Å². The van der Waals surface area contributed by atoms with E-state index in [-0.39, 0.29) is 6.10 Å². The Balaban J connectivity index is 2.06. The Morgan fingerprint density at radius 2 is 2.20 bits per heavy atom. The van der Waals surface area contributed by atoms with Gasteiger partial charge in [-0.15, -0.1) is 0 Å². The number of ether oxygens (including phenoxy) is 4. The summed E-state index contributed by atoms with van der Waals surface area (Å²) in [5.41, 5.74) is 1.13. The van der Waals surface area contributed by atoms with Gasteiger partial charge in [-0.1, -0.05) is 6.58 Å². The molecule has 0 aromatic heterocycles. The molecule has 1 heterocycles. The first-order valence-electron chi connectivity index (χ1n) is 6.10. The fourth-order valence-electron chi connectivity index (χ4n) is 1.57. The number of hydrogen-bond donors (Lipinski definition) is 1. The van der Waals surface area contributed by atoms with Crippen LogP contribution in [0.5, 0.6) is 11.5 Å². The van der Waals surface area contributed by atoms with Crippen LogP contribution in [0.2, 0.25) is 0 Å². The number of epoxide rings is 1. The van der Waals surface area contributed by atoms with E-state index >= 15 is 0 Å². The highest BCUT2D eigenvalue weighted by atomic mass is 16.6. The van der Waals surface area contributed by atoms with Gasteiger partial charge >= 0.3 is 6.09 Å². The number of methoxy groups -OCH3 is 2. The maximum Gasteiger partial charge on any atom is 0.411 e. The van der Waals surface area contributed by atoms with Crippen LogP contribution in [-0.4, -0.2) is 39.6 Å². The molecule has 1 aliphatic rings. The predicted molar refractivity (Wildman–Crippen MR) is 72.8 cm³/mol. The molecule has 1 fully saturated rings. The highest BCUT2D eigenvalue weighted by Gasteiger charge is 2.23. The summed E-state index contributed by atoms with van der Waals surface area (Å²) in [5, 5.41) is 2.50. The molecular weight excluding hydrogens is 262 g/mol. The van der Waals surface area contributed by atoms with Gasteiger partial charge in [0, 0.05) is 11.3 Å². The molecule has 0 spiro atoms. The van der Waals surface area contributed by atoms with Crippen molar-refractivity contribution in [2.24, 2.45) is 0 Å². The van der Waals surface area contributed by atoms with E-state index in [4.69, 9.17) is 14.2 Å². The highest BCUT2D eigenvalue weighted by molar-refractivity contribution is 5.81. The average molecular weight is 279 g/mol. The molecule has 6 heteroatoms. The molecule has 0 bridgehead atoms. The zero-order valence-electron chi connectivity index (χ0n) is 11.5. The molecular formula is C14H17NO5. The number of benzene rings is 1. The molecule has 6 nitrogen and oxygen atoms in total. The van der Waals surface area contributed by atoms with Gasteiger partial charge in [-0.05, 0) is 18.2 Å². The zero-order valence-corrected chi connectivity index (χ0v) is 11.5. The van der Waals surface area contributed by atoms with Crippen LogP contribution in [0, 0.1) is 0 Å². The third-order valence-corrected chi connectivity index (χ3v) is 2.78. The van der Waals surface area contributed by atoms with Gasteiger partial charge in [0.25, 0.3) is 0 Å². The maximum atomic E-state index is 11.1. The second-order valence-corrected chi connectivity index (χ2v) is 4.23. The number of nitrogens with one attached hydrogen (secondary N) is 1. The van der Waals surface area contributed by atoms with Gasteiger partial charge in [0.1, 0.15) is 12.7 Å². The number of hydrogen-bond acceptors (Lipinski definition) is 5. The van der Waals surface area contributed by atoms with Gasteiger partial charge in [-0.3, -0.25) is 5.32 Å². The summed E-state index contributed by atoms with van der Waals surface area (Å²) >= 11 is 0. The number of carbonyl (C=O) groups is 1. The van der Waals surface area contributed by atoms with Gasteiger partial charge in [0.2, 0.25) is 0 Å². The minimum absolute atomic E-state index is 0.176. The molecule has 1 unspecified atom stereocenters. The Morgan fingerprint density at radius 3 is 2.80 bits per heavy atom. The summed E-state index contributed by atoms with van der Waals surface area (Å²) in [7, 11) is 2.84. The highest BCUT2D eigenvalue weighted by Crippen LogP contribution is 2.30. The van der Waals surface area contributed by atoms with Crippen LogP contribution >= 0.6 is 0 Å². The quantitative estimate of drug-likeness (QED) is 0.804. The standard InChI is InChI=1S/C14H17NO5/c1-9(15-14(16)18-3)10-4-5-12(13(6-10)17-2)20-8-11-7-19-11/h4-6,11H,1,7-8H2,2-3H3,(H,15,16). The SMILES string of the molecule is C=C(NC(=O)OC)c1ccc(OCC2CO2)c(OC)c1. The van der Waals surface area contributed by atoms with Crippen molar-refractivity contribution in [3.8, 4) is 11.5 Å². The van der Waals surface area contributed by atoms with Crippen molar-refractivity contribution in [2.75, 3.05) is 27.4 Å². The molecule has 0 aliphatic carbocycles. The fourth-order valence-corrected chi connectivity index (χ4v) is 1.57. The molecule has 20 heavy (non-hydrogen) atoms. The minimum Gasteiger partial charge on any atom is -0.493 e. The Bertz CT molecular complexity index is 510. The lowest BCUT2D eigenvalue weighted by Gasteiger charge is -2.13. The van der Waals surface area contributed by atoms with E-state index in [0.717, 1.165) is 6.61 Å². The van der Waals surface area contributed by atoms with E-state index in [1.54, 1.807) is 25.3 Å². The molecule has 1 amide bonds. The Kier molecular flexibility index (Phi) is 4.47. The van der Waals surface area contributed by atoms with E-state index in [1.165, 1.54) is 7.11 Å². The minimum atomic E-state index is -0.569. The van der Waals surface area contributed by atoms with Crippen LogP contribution < -0.4 is 14.8 Å². The zero-order chi connectivity index (χ0) is 14.5. The molecule has 108 valence electrons. The van der Waals surface area contributed by atoms with E-state index in [0.29, 0.717) is 29.4 Å². The Morgan fingerprint density at radius 1 is 1.45 bits per heavy atom. The smallest absolute Gasteiger partial charge is 0.411 e. The molecule has 1 atom stereocenters. The average Bonchev–Trinajstić information content (AvgIpc) is 3.28. The first kappa shape index (κ1) is 14.2. The van der Waals surface area contributed by atoms with Crippen molar-refractivity contribution in [3.05, 3.63) is 30.3 Å². The van der Waals surface area contributed by atoms with E-state index in [9.17, 15) is 4.79 Å². The summed E-state index contributed by atoms with van der Waals surface area (Å²) in [6.07, 6.45) is -0.393. The van der Waals surface area contributed by atoms with Gasteiger partial charge < -0.3 is 18.9 Å². The lowest BCUT2D eigenvalue weighted by molar-refractivity contribution is 0.176. The number of carbonyl (C=O) groups excluding carboxylic acids is 1.